The number of carbonyl (C=O) groups is 1. The molecule has 65 valence electrons. The first-order chi connectivity index (χ1) is 5.43. The van der Waals surface area contributed by atoms with Crippen LogP contribution in [0, 0.1) is 6.26 Å². The van der Waals surface area contributed by atoms with Crippen molar-refractivity contribution in [3.63, 3.8) is 0 Å². The minimum atomic E-state index is -0.554. The lowest BCUT2D eigenvalue weighted by atomic mass is 9.89. The van der Waals surface area contributed by atoms with Crippen LogP contribution in [0.3, 0.4) is 0 Å². The number of rotatable bonds is 1. The van der Waals surface area contributed by atoms with E-state index < -0.39 is 5.91 Å². The molecule has 0 spiro atoms. The van der Waals surface area contributed by atoms with Gasteiger partial charge in [0.25, 0.3) is 5.91 Å². The molecule has 0 aromatic carbocycles. The summed E-state index contributed by atoms with van der Waals surface area (Å²) in [6, 6.07) is 0. The summed E-state index contributed by atoms with van der Waals surface area (Å²) in [5, 5.41) is 3.68. The fraction of sp³-hybridized carbons (Fsp3) is 0.500. The Morgan fingerprint density at radius 1 is 1.58 bits per heavy atom. The van der Waals surface area contributed by atoms with Gasteiger partial charge in [-0.05, 0) is 0 Å². The van der Waals surface area contributed by atoms with Gasteiger partial charge in [-0.2, -0.15) is 0 Å². The molecular weight excluding hydrogens is 156 g/mol. The predicted octanol–water partition coefficient (Wildman–Crippen LogP) is 0.871. The van der Waals surface area contributed by atoms with E-state index in [1.165, 1.54) is 0 Å². The van der Waals surface area contributed by atoms with E-state index in [4.69, 9.17) is 5.73 Å². The minimum Gasteiger partial charge on any atom is -0.365 e. The van der Waals surface area contributed by atoms with Crippen molar-refractivity contribution >= 4 is 5.91 Å². The molecule has 2 N–H and O–H groups in total. The van der Waals surface area contributed by atoms with Gasteiger partial charge in [0.1, 0.15) is 11.3 Å². The third kappa shape index (κ3) is 1.47. The normalized spacial score (nSPS) is 11.6. The van der Waals surface area contributed by atoms with Crippen molar-refractivity contribution in [3.8, 4) is 0 Å². The maximum absolute atomic E-state index is 10.8. The van der Waals surface area contributed by atoms with Crippen LogP contribution in [0.2, 0.25) is 0 Å². The molecule has 0 fully saturated rings. The zero-order chi connectivity index (χ0) is 9.35. The number of nitrogens with two attached hydrogens (primary N) is 1. The Balaban J connectivity index is 3.17. The quantitative estimate of drug-likeness (QED) is 0.674. The number of primary amides is 1. The van der Waals surface area contributed by atoms with Crippen LogP contribution >= 0.6 is 0 Å². The summed E-state index contributed by atoms with van der Waals surface area (Å²) in [5.41, 5.74) is 5.63. The van der Waals surface area contributed by atoms with Gasteiger partial charge >= 0.3 is 0 Å². The number of aromatic nitrogens is 1. The van der Waals surface area contributed by atoms with E-state index in [9.17, 15) is 4.79 Å². The summed E-state index contributed by atoms with van der Waals surface area (Å²) in [6.07, 6.45) is 2.35. The second-order valence-electron chi connectivity index (χ2n) is 3.62. The number of amides is 1. The fourth-order valence-corrected chi connectivity index (χ4v) is 0.887. The van der Waals surface area contributed by atoms with Gasteiger partial charge in [0, 0.05) is 5.41 Å². The highest BCUT2D eigenvalue weighted by atomic mass is 16.5. The fourth-order valence-electron chi connectivity index (χ4n) is 0.887. The van der Waals surface area contributed by atoms with Crippen molar-refractivity contribution in [2.45, 2.75) is 26.2 Å². The molecule has 1 amide bonds. The summed E-state index contributed by atoms with van der Waals surface area (Å²) >= 11 is 0. The highest BCUT2D eigenvalue weighted by Gasteiger charge is 2.25. The lowest BCUT2D eigenvalue weighted by Crippen LogP contribution is -2.20. The Labute approximate surface area is 70.7 Å². The molecule has 4 heteroatoms. The third-order valence-electron chi connectivity index (χ3n) is 1.48. The van der Waals surface area contributed by atoms with Crippen molar-refractivity contribution < 1.29 is 9.32 Å². The van der Waals surface area contributed by atoms with Crippen LogP contribution in [-0.2, 0) is 5.41 Å². The first-order valence-corrected chi connectivity index (χ1v) is 3.60. The lowest BCUT2D eigenvalue weighted by Gasteiger charge is -2.14. The van der Waals surface area contributed by atoms with Gasteiger partial charge in [-0.1, -0.05) is 25.9 Å². The van der Waals surface area contributed by atoms with E-state index in [0.717, 1.165) is 0 Å². The van der Waals surface area contributed by atoms with Gasteiger partial charge in [0.15, 0.2) is 0 Å². The maximum atomic E-state index is 10.8. The van der Waals surface area contributed by atoms with Crippen molar-refractivity contribution in [3.05, 3.63) is 17.5 Å². The topological polar surface area (TPSA) is 69.1 Å². The molecule has 1 rings (SSSR count). The van der Waals surface area contributed by atoms with Crippen LogP contribution in [0.15, 0.2) is 4.52 Å². The van der Waals surface area contributed by atoms with Crippen LogP contribution in [0.4, 0.5) is 0 Å². The van der Waals surface area contributed by atoms with E-state index in [0.29, 0.717) is 5.69 Å². The van der Waals surface area contributed by atoms with E-state index in [1.807, 2.05) is 20.8 Å². The molecule has 0 aliphatic carbocycles. The first-order valence-electron chi connectivity index (χ1n) is 3.60. The maximum Gasteiger partial charge on any atom is 0.254 e. The number of nitrogens with zero attached hydrogens (tertiary/aromatic N) is 1. The smallest absolute Gasteiger partial charge is 0.254 e. The molecule has 1 radical (unpaired) electrons. The highest BCUT2D eigenvalue weighted by molar-refractivity contribution is 5.93. The molecule has 4 nitrogen and oxygen atoms in total. The van der Waals surface area contributed by atoms with E-state index in [-0.39, 0.29) is 11.0 Å². The van der Waals surface area contributed by atoms with Gasteiger partial charge < -0.3 is 10.3 Å². The lowest BCUT2D eigenvalue weighted by molar-refractivity contribution is 0.0997. The molecule has 1 aromatic rings. The summed E-state index contributed by atoms with van der Waals surface area (Å²) < 4.78 is 4.56. The second-order valence-corrected chi connectivity index (χ2v) is 3.62. The molecule has 0 aliphatic heterocycles. The number of hydrogen-bond acceptors (Lipinski definition) is 3. The minimum absolute atomic E-state index is 0.238. The van der Waals surface area contributed by atoms with Crippen molar-refractivity contribution in [1.29, 1.82) is 0 Å². The first kappa shape index (κ1) is 8.77. The Bertz CT molecular complexity index is 296. The highest BCUT2D eigenvalue weighted by Crippen LogP contribution is 2.23. The molecule has 0 unspecified atom stereocenters. The van der Waals surface area contributed by atoms with Gasteiger partial charge in [-0.15, -0.1) is 0 Å². The average Bonchev–Trinajstić information content (AvgIpc) is 2.30. The zero-order valence-electron chi connectivity index (χ0n) is 7.34. The Morgan fingerprint density at radius 3 is 2.50 bits per heavy atom. The van der Waals surface area contributed by atoms with E-state index in [2.05, 4.69) is 15.9 Å². The average molecular weight is 167 g/mol. The van der Waals surface area contributed by atoms with Gasteiger partial charge in [0.2, 0.25) is 6.26 Å². The van der Waals surface area contributed by atoms with E-state index >= 15 is 0 Å². The molecule has 0 aliphatic rings. The largest absolute Gasteiger partial charge is 0.365 e. The number of hydrogen-bond donors (Lipinski definition) is 1. The summed E-state index contributed by atoms with van der Waals surface area (Å²) in [7, 11) is 0. The van der Waals surface area contributed by atoms with Crippen molar-refractivity contribution in [1.82, 2.24) is 5.16 Å². The molecule has 12 heavy (non-hydrogen) atoms. The van der Waals surface area contributed by atoms with Crippen molar-refractivity contribution in [2.75, 3.05) is 0 Å². The molecule has 0 atom stereocenters. The summed E-state index contributed by atoms with van der Waals surface area (Å²) in [4.78, 5) is 10.8. The Morgan fingerprint density at radius 2 is 2.17 bits per heavy atom. The molecule has 0 saturated heterocycles. The Hall–Kier alpha value is -1.32. The van der Waals surface area contributed by atoms with Gasteiger partial charge in [-0.3, -0.25) is 4.79 Å². The predicted molar refractivity (Wildman–Crippen MR) is 42.6 cm³/mol. The van der Waals surface area contributed by atoms with Crippen LogP contribution in [0.1, 0.15) is 36.8 Å². The Kier molecular flexibility index (Phi) is 1.92. The molecule has 1 aromatic heterocycles. The van der Waals surface area contributed by atoms with Gasteiger partial charge in [0.05, 0.1) is 0 Å². The third-order valence-corrected chi connectivity index (χ3v) is 1.48. The van der Waals surface area contributed by atoms with Crippen LogP contribution < -0.4 is 5.73 Å². The standard InChI is InChI=1S/C8H11N2O2/c1-8(2,3)6-5(7(9)11)4-12-10-6/h1-3H3,(H2,9,11). The van der Waals surface area contributed by atoms with Crippen LogP contribution in [0.5, 0.6) is 0 Å². The molecule has 1 heterocycles. The van der Waals surface area contributed by atoms with Crippen LogP contribution in [-0.4, -0.2) is 11.1 Å². The monoisotopic (exact) mass is 167 g/mol. The van der Waals surface area contributed by atoms with E-state index in [1.54, 1.807) is 0 Å². The van der Waals surface area contributed by atoms with Gasteiger partial charge in [-0.25, -0.2) is 0 Å². The molecule has 0 saturated carbocycles. The summed E-state index contributed by atoms with van der Waals surface area (Å²) in [6.45, 7) is 5.77. The molecule has 0 bridgehead atoms. The van der Waals surface area contributed by atoms with Crippen molar-refractivity contribution in [2.24, 2.45) is 5.73 Å². The zero-order valence-corrected chi connectivity index (χ0v) is 7.34. The van der Waals surface area contributed by atoms with Crippen LogP contribution in [0.25, 0.3) is 0 Å². The summed E-state index contributed by atoms with van der Waals surface area (Å²) in [5.74, 6) is -0.554. The SMILES string of the molecule is CC(C)(C)c1no[c]c1C(N)=O. The number of carbonyl (C=O) groups excluding carboxylic acids is 1. The second kappa shape index (κ2) is 2.62. The molecular formula is C8H11N2O2.